The van der Waals surface area contributed by atoms with E-state index < -0.39 is 17.4 Å². The van der Waals surface area contributed by atoms with Crippen molar-refractivity contribution < 1.29 is 37.4 Å². The van der Waals surface area contributed by atoms with E-state index in [4.69, 9.17) is 21.1 Å². The summed E-state index contributed by atoms with van der Waals surface area (Å²) in [5, 5.41) is 21.1. The zero-order valence-electron chi connectivity index (χ0n) is 24.5. The number of alkyl halides is 3. The van der Waals surface area contributed by atoms with Crippen LogP contribution in [0.2, 0.25) is 5.28 Å². The summed E-state index contributed by atoms with van der Waals surface area (Å²) in [6, 6.07) is 21.0. The minimum atomic E-state index is -4.73. The number of hydrogen-bond acceptors (Lipinski definition) is 9. The molecule has 3 aromatic carbocycles. The lowest BCUT2D eigenvalue weighted by Gasteiger charge is -2.37. The molecule has 0 bridgehead atoms. The first-order valence-corrected chi connectivity index (χ1v) is 14.8. The second-order valence-electron chi connectivity index (χ2n) is 10.5. The van der Waals surface area contributed by atoms with Crippen LogP contribution in [0.3, 0.4) is 0 Å². The van der Waals surface area contributed by atoms with Crippen LogP contribution in [0, 0.1) is 10.1 Å². The Hall–Kier alpha value is -4.69. The summed E-state index contributed by atoms with van der Waals surface area (Å²) < 4.78 is 53.7. The van der Waals surface area contributed by atoms with E-state index >= 15 is 0 Å². The second kappa shape index (κ2) is 14.6. The number of aliphatic hydroxyl groups is 1. The van der Waals surface area contributed by atoms with Crippen molar-refractivity contribution in [3.8, 4) is 17.2 Å². The Balaban J connectivity index is 1.02. The van der Waals surface area contributed by atoms with E-state index in [1.807, 2.05) is 48.5 Å². The number of nitrogens with zero attached hydrogens (tertiary/aromatic N) is 5. The number of imidazole rings is 1. The molecule has 11 nitrogen and oxygen atoms in total. The molecule has 1 aromatic heterocycles. The van der Waals surface area contributed by atoms with E-state index in [2.05, 4.69) is 19.5 Å². The number of hydrogen-bond donors (Lipinski definition) is 1. The number of aromatic nitrogens is 2. The number of benzene rings is 3. The molecular weight excluding hydrogens is 631 g/mol. The van der Waals surface area contributed by atoms with Gasteiger partial charge in [0.1, 0.15) is 36.7 Å². The number of aliphatic hydroxyl groups excluding tert-OH is 1. The molecule has 0 radical (unpaired) electrons. The highest BCUT2D eigenvalue weighted by molar-refractivity contribution is 6.28. The molecule has 1 N–H and O–H groups in total. The molecule has 5 rings (SSSR count). The molecule has 1 aliphatic heterocycles. The van der Waals surface area contributed by atoms with Crippen molar-refractivity contribution in [2.24, 2.45) is 0 Å². The van der Waals surface area contributed by atoms with E-state index in [0.29, 0.717) is 11.5 Å². The highest BCUT2D eigenvalue weighted by Gasteiger charge is 2.31. The average molecular weight is 662 g/mol. The smallest absolute Gasteiger partial charge is 0.491 e. The van der Waals surface area contributed by atoms with Gasteiger partial charge in [0.15, 0.2) is 0 Å². The van der Waals surface area contributed by atoms with Crippen LogP contribution < -0.4 is 24.0 Å². The van der Waals surface area contributed by atoms with Crippen molar-refractivity contribution in [3.05, 3.63) is 100.0 Å². The summed E-state index contributed by atoms with van der Waals surface area (Å²) in [4.78, 5) is 18.4. The van der Waals surface area contributed by atoms with Crippen LogP contribution >= 0.6 is 11.6 Å². The van der Waals surface area contributed by atoms with Crippen molar-refractivity contribution >= 4 is 28.8 Å². The minimum absolute atomic E-state index is 0.00845. The zero-order chi connectivity index (χ0) is 32.7. The number of piperazine rings is 1. The molecule has 0 amide bonds. The molecule has 2 heterocycles. The number of nitro groups is 1. The van der Waals surface area contributed by atoms with Crippen LogP contribution in [0.25, 0.3) is 0 Å². The van der Waals surface area contributed by atoms with Gasteiger partial charge in [-0.1, -0.05) is 12.1 Å². The maximum absolute atomic E-state index is 12.3. The van der Waals surface area contributed by atoms with Crippen molar-refractivity contribution in [2.45, 2.75) is 32.0 Å². The second-order valence-corrected chi connectivity index (χ2v) is 10.9. The fraction of sp³-hybridized carbons (Fsp3) is 0.323. The van der Waals surface area contributed by atoms with Crippen LogP contribution in [0.1, 0.15) is 12.0 Å². The van der Waals surface area contributed by atoms with Gasteiger partial charge in [0.25, 0.3) is 0 Å². The van der Waals surface area contributed by atoms with Gasteiger partial charge in [-0.15, -0.1) is 13.2 Å². The lowest BCUT2D eigenvalue weighted by atomic mass is 10.1. The van der Waals surface area contributed by atoms with Crippen LogP contribution in [0.15, 0.2) is 79.0 Å². The van der Waals surface area contributed by atoms with E-state index in [-0.39, 0.29) is 43.0 Å². The SMILES string of the molecule is O=[N+]([O-])c1cn(CC[C@@H](O)COc2ccc(N3CCN(c4ccc(COc5ccc(OC(F)(F)F)cc5)cc4)CC3)cc2)c(Cl)n1. The van der Waals surface area contributed by atoms with Gasteiger partial charge in [0.2, 0.25) is 0 Å². The topological polar surface area (TPSA) is 115 Å². The fourth-order valence-corrected chi connectivity index (χ4v) is 5.09. The first kappa shape index (κ1) is 32.7. The Morgan fingerprint density at radius 2 is 1.39 bits per heavy atom. The average Bonchev–Trinajstić information content (AvgIpc) is 3.43. The van der Waals surface area contributed by atoms with Gasteiger partial charge in [-0.2, -0.15) is 0 Å². The third-order valence-corrected chi connectivity index (χ3v) is 7.60. The number of anilines is 2. The Bertz CT molecular complexity index is 1580. The third-order valence-electron chi connectivity index (χ3n) is 7.29. The Morgan fingerprint density at radius 3 is 1.93 bits per heavy atom. The van der Waals surface area contributed by atoms with Gasteiger partial charge >= 0.3 is 17.5 Å². The van der Waals surface area contributed by atoms with Gasteiger partial charge in [0.05, 0.1) is 6.10 Å². The number of aryl methyl sites for hydroxylation is 1. The highest BCUT2D eigenvalue weighted by Crippen LogP contribution is 2.26. The first-order valence-electron chi connectivity index (χ1n) is 14.4. The lowest BCUT2D eigenvalue weighted by Crippen LogP contribution is -2.46. The first-order chi connectivity index (χ1) is 22.0. The predicted octanol–water partition coefficient (Wildman–Crippen LogP) is 6.08. The van der Waals surface area contributed by atoms with Crippen LogP contribution in [-0.2, 0) is 13.2 Å². The molecule has 0 saturated carbocycles. The highest BCUT2D eigenvalue weighted by atomic mass is 35.5. The standard InChI is InChI=1S/C31H31ClF3N5O6/c32-30-36-29(40(42)43)19-39(30)14-13-25(41)21-45-26-7-5-24(6-8-26)38-17-15-37(16-18-38)23-3-1-22(2-4-23)20-44-27-9-11-28(12-10-27)46-31(33,34)35/h1-12,19,25,41H,13-18,20-21H2/t25-/m1/s1. The predicted molar refractivity (Wildman–Crippen MR) is 165 cm³/mol. The minimum Gasteiger partial charge on any atom is -0.491 e. The van der Waals surface area contributed by atoms with E-state index in [1.54, 1.807) is 0 Å². The summed E-state index contributed by atoms with van der Waals surface area (Å²) in [7, 11) is 0. The normalized spacial score (nSPS) is 14.2. The molecule has 46 heavy (non-hydrogen) atoms. The molecule has 4 aromatic rings. The number of rotatable bonds is 13. The van der Waals surface area contributed by atoms with Crippen molar-refractivity contribution in [3.63, 3.8) is 0 Å². The monoisotopic (exact) mass is 661 g/mol. The molecule has 0 aliphatic carbocycles. The lowest BCUT2D eigenvalue weighted by molar-refractivity contribution is -0.389. The van der Waals surface area contributed by atoms with E-state index in [1.165, 1.54) is 35.0 Å². The quantitative estimate of drug-likeness (QED) is 0.134. The molecule has 15 heteroatoms. The summed E-state index contributed by atoms with van der Waals surface area (Å²) in [6.07, 6.45) is -4.01. The molecule has 1 aliphatic rings. The number of halogens is 4. The molecule has 1 atom stereocenters. The maximum atomic E-state index is 12.3. The Kier molecular flexibility index (Phi) is 10.4. The van der Waals surface area contributed by atoms with Gasteiger partial charge in [-0.3, -0.25) is 4.57 Å². The van der Waals surface area contributed by atoms with Gasteiger partial charge in [-0.25, -0.2) is 0 Å². The summed E-state index contributed by atoms with van der Waals surface area (Å²) in [5.41, 5.74) is 3.09. The van der Waals surface area contributed by atoms with Crippen molar-refractivity contribution in [1.29, 1.82) is 0 Å². The maximum Gasteiger partial charge on any atom is 0.573 e. The van der Waals surface area contributed by atoms with Crippen molar-refractivity contribution in [1.82, 2.24) is 9.55 Å². The molecule has 244 valence electrons. The van der Waals surface area contributed by atoms with E-state index in [0.717, 1.165) is 43.1 Å². The summed E-state index contributed by atoms with van der Waals surface area (Å²) in [5.74, 6) is 0.419. The molecule has 1 saturated heterocycles. The van der Waals surface area contributed by atoms with Crippen LogP contribution in [-0.4, -0.2) is 64.8 Å². The fourth-order valence-electron chi connectivity index (χ4n) is 4.87. The van der Waals surface area contributed by atoms with E-state index in [9.17, 15) is 28.4 Å². The summed E-state index contributed by atoms with van der Waals surface area (Å²) >= 11 is 5.91. The number of ether oxygens (including phenoxy) is 3. The van der Waals surface area contributed by atoms with Gasteiger partial charge in [0, 0.05) is 44.1 Å². The summed E-state index contributed by atoms with van der Waals surface area (Å²) in [6.45, 7) is 3.91. The third kappa shape index (κ3) is 9.17. The molecule has 0 spiro atoms. The van der Waals surface area contributed by atoms with Crippen molar-refractivity contribution in [2.75, 3.05) is 42.6 Å². The molecule has 0 unspecified atom stereocenters. The van der Waals surface area contributed by atoms with Gasteiger partial charge in [-0.05, 0) is 94.2 Å². The van der Waals surface area contributed by atoms with Gasteiger partial charge < -0.3 is 39.2 Å². The van der Waals surface area contributed by atoms with Crippen LogP contribution in [0.5, 0.6) is 17.2 Å². The zero-order valence-corrected chi connectivity index (χ0v) is 25.2. The van der Waals surface area contributed by atoms with Crippen LogP contribution in [0.4, 0.5) is 30.4 Å². The Labute approximate surface area is 267 Å². The Morgan fingerprint density at radius 1 is 0.870 bits per heavy atom. The largest absolute Gasteiger partial charge is 0.573 e. The molecule has 1 fully saturated rings. The molecular formula is C31H31ClF3N5O6.